The first-order valence-corrected chi connectivity index (χ1v) is 24.7. The molecule has 2 N–H and O–H groups in total. The number of anilines is 2. The van der Waals surface area contributed by atoms with Gasteiger partial charge in [0.05, 0.1) is 47.9 Å². The zero-order valence-corrected chi connectivity index (χ0v) is 42.0. The predicted molar refractivity (Wildman–Crippen MR) is 272 cm³/mol. The molecule has 0 amide bonds. The summed E-state index contributed by atoms with van der Waals surface area (Å²) in [7, 11) is 0. The molecule has 17 heteroatoms. The Bertz CT molecular complexity index is 3050. The van der Waals surface area contributed by atoms with E-state index in [-0.39, 0.29) is 12.1 Å². The van der Waals surface area contributed by atoms with E-state index in [1.807, 2.05) is 98.1 Å². The van der Waals surface area contributed by atoms with Gasteiger partial charge in [0.25, 0.3) is 0 Å². The molecule has 360 valence electrons. The second kappa shape index (κ2) is 21.7. The summed E-state index contributed by atoms with van der Waals surface area (Å²) in [6, 6.07) is 9.75. The number of fused-ring (bicyclic) bond motifs is 2. The van der Waals surface area contributed by atoms with E-state index in [1.165, 1.54) is 75.3 Å². The Balaban J connectivity index is 0.000000156. The number of rotatable bonds is 8. The first-order chi connectivity index (χ1) is 33.1. The Kier molecular flexibility index (Phi) is 15.5. The zero-order chi connectivity index (χ0) is 48.9. The van der Waals surface area contributed by atoms with Crippen molar-refractivity contribution >= 4 is 56.3 Å². The lowest BCUT2D eigenvalue weighted by Crippen LogP contribution is -2.29. The number of aromatic nitrogens is 10. The Morgan fingerprint density at radius 3 is 1.64 bits per heavy atom. The molecular weight excluding hydrogens is 996 g/mol. The van der Waals surface area contributed by atoms with Crippen LogP contribution in [0, 0.1) is 40.8 Å². The van der Waals surface area contributed by atoms with E-state index in [0.717, 1.165) is 36.6 Å². The Morgan fingerprint density at radius 1 is 0.594 bits per heavy atom. The zero-order valence-electron chi connectivity index (χ0n) is 39.8. The third-order valence-corrected chi connectivity index (χ3v) is 13.3. The van der Waals surface area contributed by atoms with Crippen molar-refractivity contribution in [1.29, 1.82) is 0 Å². The number of hydrogen-bond acceptors (Lipinski definition) is 10. The van der Waals surface area contributed by atoms with E-state index in [1.54, 1.807) is 24.3 Å². The summed E-state index contributed by atoms with van der Waals surface area (Å²) in [5.41, 5.74) is 11.9. The van der Waals surface area contributed by atoms with E-state index in [2.05, 4.69) is 44.8 Å². The van der Waals surface area contributed by atoms with Crippen LogP contribution in [0.4, 0.5) is 29.2 Å². The molecule has 0 atom stereocenters. The molecule has 12 nitrogen and oxygen atoms in total. The van der Waals surface area contributed by atoms with Gasteiger partial charge in [-0.3, -0.25) is 4.98 Å². The quantitative estimate of drug-likeness (QED) is 0.0888. The highest BCUT2D eigenvalue weighted by atomic mass is 127. The van der Waals surface area contributed by atoms with E-state index in [9.17, 15) is 17.6 Å². The summed E-state index contributed by atoms with van der Waals surface area (Å²) in [6.45, 7) is 13.8. The molecule has 2 aromatic carbocycles. The molecule has 6 aromatic heterocycles. The van der Waals surface area contributed by atoms with Gasteiger partial charge in [-0.25, -0.2) is 52.4 Å². The summed E-state index contributed by atoms with van der Waals surface area (Å²) in [6.07, 6.45) is 20.4. The van der Waals surface area contributed by atoms with E-state index < -0.39 is 23.3 Å². The molecule has 1 saturated carbocycles. The minimum Gasteiger partial charge on any atom is -0.369 e. The fourth-order valence-electron chi connectivity index (χ4n) is 9.50. The highest BCUT2D eigenvalue weighted by Gasteiger charge is 2.21. The van der Waals surface area contributed by atoms with Gasteiger partial charge in [-0.1, -0.05) is 19.3 Å². The van der Waals surface area contributed by atoms with Crippen LogP contribution in [0.1, 0.15) is 126 Å². The highest BCUT2D eigenvalue weighted by Crippen LogP contribution is 2.34. The normalized spacial score (nSPS) is 14.3. The van der Waals surface area contributed by atoms with Gasteiger partial charge in [0.2, 0.25) is 5.95 Å². The standard InChI is InChI=1S/C26H28F2N6.C16H14F2IN3.C10H15N3/c1-16(2)34-17(3)32-26-22(27)9-18(10-24(26)34)21-11-19(29-15-23(21)28)12-25-30-13-20(14-31-25)33-7-5-4-6-8-33;1-8(2)22-9(3)21-16-12(17)4-10(5-14(16)22)11-6-15(19)20-7-13(11)18;11-10-12-6-9(7-13-10)8-4-2-1-3-5-8/h9-11,13-16H,4-8,12H2,1-3H3;4-8H,1-3H3;6-8H,1-5H2,(H2,11,12,13). The van der Waals surface area contributed by atoms with Crippen molar-refractivity contribution in [3.05, 3.63) is 129 Å². The smallest absolute Gasteiger partial charge is 0.219 e. The van der Waals surface area contributed by atoms with Gasteiger partial charge in [-0.2, -0.15) is 0 Å². The maximum atomic E-state index is 14.9. The number of piperidine rings is 1. The summed E-state index contributed by atoms with van der Waals surface area (Å²) in [5, 5.41) is 0. The molecule has 69 heavy (non-hydrogen) atoms. The molecule has 0 radical (unpaired) electrons. The first-order valence-electron chi connectivity index (χ1n) is 23.6. The number of nitrogens with zero attached hydrogens (tertiary/aromatic N) is 11. The Morgan fingerprint density at radius 2 is 1.10 bits per heavy atom. The number of nitrogen functional groups attached to an aromatic ring is 1. The maximum absolute atomic E-state index is 14.9. The van der Waals surface area contributed by atoms with Gasteiger partial charge in [0, 0.05) is 54.4 Å². The van der Waals surface area contributed by atoms with Gasteiger partial charge in [-0.05, 0) is 155 Å². The van der Waals surface area contributed by atoms with E-state index >= 15 is 0 Å². The largest absolute Gasteiger partial charge is 0.369 e. The van der Waals surface area contributed by atoms with Crippen LogP contribution in [-0.4, -0.2) is 62.1 Å². The summed E-state index contributed by atoms with van der Waals surface area (Å²) >= 11 is 2.01. The van der Waals surface area contributed by atoms with Crippen molar-refractivity contribution in [1.82, 2.24) is 49.0 Å². The lowest BCUT2D eigenvalue weighted by molar-refractivity contribution is 0.442. The number of imidazole rings is 2. The molecule has 0 spiro atoms. The van der Waals surface area contributed by atoms with Crippen LogP contribution in [0.3, 0.4) is 0 Å². The second-order valence-electron chi connectivity index (χ2n) is 18.3. The van der Waals surface area contributed by atoms with E-state index in [4.69, 9.17) is 5.73 Å². The highest BCUT2D eigenvalue weighted by molar-refractivity contribution is 14.1. The molecule has 10 rings (SSSR count). The summed E-state index contributed by atoms with van der Waals surface area (Å²) in [4.78, 5) is 36.1. The number of aryl methyl sites for hydroxylation is 2. The van der Waals surface area contributed by atoms with Crippen molar-refractivity contribution < 1.29 is 17.6 Å². The molecule has 0 unspecified atom stereocenters. The van der Waals surface area contributed by atoms with Crippen molar-refractivity contribution in [3.63, 3.8) is 0 Å². The lowest BCUT2D eigenvalue weighted by atomic mass is 9.85. The van der Waals surface area contributed by atoms with Crippen LogP contribution in [0.15, 0.2) is 73.6 Å². The molecule has 8 aromatic rings. The molecule has 0 bridgehead atoms. The van der Waals surface area contributed by atoms with Crippen LogP contribution in [0.25, 0.3) is 44.3 Å². The minimum atomic E-state index is -0.504. The molecule has 2 aliphatic rings. The SMILES string of the molecule is Cc1nc2c(F)cc(-c3cc(Cc4ncc(N5CCCCC5)cn4)ncc3F)cc2n1C(C)C.Cc1nc2c(F)cc(-c3cc(I)ncc3F)cc2n1C(C)C.Nc1ncc(C2CCCCC2)cn1. The third kappa shape index (κ3) is 11.3. The fraction of sp³-hybridized carbons (Fsp3) is 0.385. The van der Waals surface area contributed by atoms with Gasteiger partial charge < -0.3 is 19.8 Å². The van der Waals surface area contributed by atoms with Crippen molar-refractivity contribution in [2.24, 2.45) is 0 Å². The lowest BCUT2D eigenvalue weighted by Gasteiger charge is -2.28. The number of nitrogens with two attached hydrogens (primary N) is 1. The molecule has 1 aliphatic heterocycles. The van der Waals surface area contributed by atoms with Gasteiger partial charge in [0.1, 0.15) is 43.8 Å². The molecular formula is C52H57F4IN12. The van der Waals surface area contributed by atoms with Crippen LogP contribution in [0.5, 0.6) is 0 Å². The van der Waals surface area contributed by atoms with Crippen molar-refractivity contribution in [2.45, 2.75) is 117 Å². The van der Waals surface area contributed by atoms with Crippen molar-refractivity contribution in [2.75, 3.05) is 23.7 Å². The molecule has 1 aliphatic carbocycles. The summed E-state index contributed by atoms with van der Waals surface area (Å²) in [5.74, 6) is 1.25. The number of hydrogen-bond donors (Lipinski definition) is 1. The van der Waals surface area contributed by atoms with Gasteiger partial charge >= 0.3 is 0 Å². The molecule has 1 saturated heterocycles. The van der Waals surface area contributed by atoms with Crippen LogP contribution in [-0.2, 0) is 6.42 Å². The number of halogens is 5. The third-order valence-electron chi connectivity index (χ3n) is 12.8. The average molecular weight is 1050 g/mol. The summed E-state index contributed by atoms with van der Waals surface area (Å²) < 4.78 is 62.7. The fourth-order valence-corrected chi connectivity index (χ4v) is 9.95. The first kappa shape index (κ1) is 49.3. The maximum Gasteiger partial charge on any atom is 0.219 e. The average Bonchev–Trinajstić information content (AvgIpc) is 3.88. The monoisotopic (exact) mass is 1050 g/mol. The Labute approximate surface area is 413 Å². The van der Waals surface area contributed by atoms with Crippen molar-refractivity contribution in [3.8, 4) is 22.3 Å². The van der Waals surface area contributed by atoms with E-state index in [0.29, 0.717) is 77.8 Å². The van der Waals surface area contributed by atoms with Crippen LogP contribution >= 0.6 is 22.6 Å². The van der Waals surface area contributed by atoms with Crippen LogP contribution < -0.4 is 10.6 Å². The van der Waals surface area contributed by atoms with Gasteiger partial charge in [-0.15, -0.1) is 0 Å². The topological polar surface area (TPSA) is 142 Å². The van der Waals surface area contributed by atoms with Gasteiger partial charge in [0.15, 0.2) is 11.6 Å². The number of benzene rings is 2. The Hall–Kier alpha value is -6.11. The second-order valence-corrected chi connectivity index (χ2v) is 19.4. The number of pyridine rings is 2. The molecule has 7 heterocycles. The minimum absolute atomic E-state index is 0.0996. The predicted octanol–water partition coefficient (Wildman–Crippen LogP) is 12.6. The van der Waals surface area contributed by atoms with Crippen LogP contribution in [0.2, 0.25) is 0 Å². The molecule has 2 fully saturated rings.